The lowest BCUT2D eigenvalue weighted by atomic mass is 9.97. The molecule has 0 radical (unpaired) electrons. The molecule has 0 saturated carbocycles. The Kier molecular flexibility index (Phi) is 7.97. The Balaban J connectivity index is 1.62. The van der Waals surface area contributed by atoms with Gasteiger partial charge < -0.3 is 19.9 Å². The normalized spacial score (nSPS) is 16.2. The van der Waals surface area contributed by atoms with Crippen molar-refractivity contribution in [2.75, 3.05) is 32.0 Å². The van der Waals surface area contributed by atoms with E-state index in [-0.39, 0.29) is 23.5 Å². The zero-order valence-electron chi connectivity index (χ0n) is 20.3. The van der Waals surface area contributed by atoms with Crippen molar-refractivity contribution in [2.24, 2.45) is 5.92 Å². The predicted octanol–water partition coefficient (Wildman–Crippen LogP) is 5.17. The number of amides is 3. The molecular weight excluding hydrogens is 457 g/mol. The molecule has 34 heavy (non-hydrogen) atoms. The molecule has 184 valence electrons. The van der Waals surface area contributed by atoms with E-state index in [2.05, 4.69) is 5.32 Å². The van der Waals surface area contributed by atoms with Crippen LogP contribution in [0, 0.1) is 18.7 Å². The third kappa shape index (κ3) is 6.79. The molecule has 1 fully saturated rings. The summed E-state index contributed by atoms with van der Waals surface area (Å²) in [6.45, 7) is 9.03. The zero-order chi connectivity index (χ0) is 25.0. The van der Waals surface area contributed by atoms with Crippen LogP contribution in [0.1, 0.15) is 59.2 Å². The summed E-state index contributed by atoms with van der Waals surface area (Å²) in [7, 11) is 1.71. The SMILES string of the molecule is Cc1cc(NC(=O)c2cccc(F)c2)sc1C(=O)N1CCCC(CN(C)C(=O)OC(C)(C)C)C1. The van der Waals surface area contributed by atoms with Crippen LogP contribution >= 0.6 is 11.3 Å². The second-order valence-corrected chi connectivity index (χ2v) is 10.8. The maximum atomic E-state index is 13.4. The minimum absolute atomic E-state index is 0.0848. The number of thiophene rings is 1. The van der Waals surface area contributed by atoms with Crippen molar-refractivity contribution < 1.29 is 23.5 Å². The number of piperidine rings is 1. The summed E-state index contributed by atoms with van der Waals surface area (Å²) >= 11 is 1.21. The van der Waals surface area contributed by atoms with Crippen molar-refractivity contribution >= 4 is 34.2 Å². The monoisotopic (exact) mass is 489 g/mol. The fourth-order valence-electron chi connectivity index (χ4n) is 3.91. The van der Waals surface area contributed by atoms with Crippen LogP contribution in [0.3, 0.4) is 0 Å². The van der Waals surface area contributed by atoms with Crippen LogP contribution in [-0.4, -0.2) is 60.0 Å². The van der Waals surface area contributed by atoms with Crippen molar-refractivity contribution in [3.8, 4) is 0 Å². The minimum atomic E-state index is -0.557. The van der Waals surface area contributed by atoms with E-state index < -0.39 is 17.3 Å². The third-order valence-electron chi connectivity index (χ3n) is 5.48. The van der Waals surface area contributed by atoms with Gasteiger partial charge in [-0.05, 0) is 76.3 Å². The van der Waals surface area contributed by atoms with Crippen LogP contribution in [0.2, 0.25) is 0 Å². The van der Waals surface area contributed by atoms with Gasteiger partial charge in [-0.2, -0.15) is 0 Å². The van der Waals surface area contributed by atoms with Crippen LogP contribution in [-0.2, 0) is 4.74 Å². The van der Waals surface area contributed by atoms with Crippen molar-refractivity contribution in [3.05, 3.63) is 52.2 Å². The second-order valence-electron chi connectivity index (χ2n) is 9.71. The van der Waals surface area contributed by atoms with Gasteiger partial charge in [0.15, 0.2) is 0 Å². The van der Waals surface area contributed by atoms with Gasteiger partial charge in [0.2, 0.25) is 0 Å². The largest absolute Gasteiger partial charge is 0.444 e. The molecule has 1 N–H and O–H groups in total. The molecule has 1 atom stereocenters. The van der Waals surface area contributed by atoms with E-state index in [4.69, 9.17) is 4.74 Å². The highest BCUT2D eigenvalue weighted by Gasteiger charge is 2.29. The Labute approximate surface area is 203 Å². The number of hydrogen-bond acceptors (Lipinski definition) is 5. The second kappa shape index (κ2) is 10.5. The first-order valence-corrected chi connectivity index (χ1v) is 12.2. The number of nitrogens with one attached hydrogen (secondary N) is 1. The fraction of sp³-hybridized carbons (Fsp3) is 0.480. The van der Waals surface area contributed by atoms with Crippen molar-refractivity contribution in [3.63, 3.8) is 0 Å². The van der Waals surface area contributed by atoms with E-state index in [9.17, 15) is 18.8 Å². The van der Waals surface area contributed by atoms with E-state index in [1.165, 1.54) is 35.6 Å². The smallest absolute Gasteiger partial charge is 0.410 e. The molecule has 1 saturated heterocycles. The lowest BCUT2D eigenvalue weighted by molar-refractivity contribution is 0.0244. The Hall–Kier alpha value is -2.94. The van der Waals surface area contributed by atoms with Crippen LogP contribution in [0.5, 0.6) is 0 Å². The zero-order valence-corrected chi connectivity index (χ0v) is 21.1. The number of halogens is 1. The van der Waals surface area contributed by atoms with Crippen molar-refractivity contribution in [1.29, 1.82) is 0 Å². The molecule has 0 bridgehead atoms. The summed E-state index contributed by atoms with van der Waals surface area (Å²) in [5, 5.41) is 3.29. The molecule has 0 spiro atoms. The summed E-state index contributed by atoms with van der Waals surface area (Å²) in [6, 6.07) is 7.22. The molecule has 2 heterocycles. The van der Waals surface area contributed by atoms with E-state index in [1.807, 2.05) is 32.6 Å². The lowest BCUT2D eigenvalue weighted by Crippen LogP contribution is -2.45. The van der Waals surface area contributed by atoms with Crippen molar-refractivity contribution in [1.82, 2.24) is 9.80 Å². The molecule has 1 aliphatic heterocycles. The number of anilines is 1. The fourth-order valence-corrected chi connectivity index (χ4v) is 4.95. The van der Waals surface area contributed by atoms with Crippen LogP contribution in [0.15, 0.2) is 30.3 Å². The van der Waals surface area contributed by atoms with E-state index in [0.29, 0.717) is 29.5 Å². The molecule has 1 aromatic carbocycles. The standard InChI is InChI=1S/C25H32FN3O4S/c1-16-12-20(27-22(30)18-9-6-10-19(26)13-18)34-21(16)23(31)29-11-7-8-17(15-29)14-28(5)24(32)33-25(2,3)4/h6,9-10,12-13,17H,7-8,11,14-15H2,1-5H3,(H,27,30). The molecule has 7 nitrogen and oxygen atoms in total. The summed E-state index contributed by atoms with van der Waals surface area (Å²) in [5.74, 6) is -0.841. The maximum absolute atomic E-state index is 13.4. The molecule has 0 aliphatic carbocycles. The number of ether oxygens (including phenoxy) is 1. The number of carbonyl (C=O) groups excluding carboxylic acids is 3. The Morgan fingerprint density at radius 2 is 2.00 bits per heavy atom. The number of carbonyl (C=O) groups is 3. The number of aryl methyl sites for hydroxylation is 1. The summed E-state index contributed by atoms with van der Waals surface area (Å²) in [4.78, 5) is 41.9. The molecular formula is C25H32FN3O4S. The molecule has 1 aromatic heterocycles. The molecule has 3 rings (SSSR count). The molecule has 9 heteroatoms. The van der Waals surface area contributed by atoms with Crippen LogP contribution in [0.25, 0.3) is 0 Å². The number of nitrogens with zero attached hydrogens (tertiary/aromatic N) is 2. The highest BCUT2D eigenvalue weighted by molar-refractivity contribution is 7.18. The van der Waals surface area contributed by atoms with Crippen LogP contribution < -0.4 is 5.32 Å². The number of benzene rings is 1. The number of likely N-dealkylation sites (tertiary alicyclic amines) is 1. The van der Waals surface area contributed by atoms with Gasteiger partial charge in [0.1, 0.15) is 11.4 Å². The van der Waals surface area contributed by atoms with Gasteiger partial charge in [-0.3, -0.25) is 9.59 Å². The van der Waals surface area contributed by atoms with Gasteiger partial charge >= 0.3 is 6.09 Å². The molecule has 1 aliphatic rings. The van der Waals surface area contributed by atoms with Gasteiger partial charge in [-0.15, -0.1) is 11.3 Å². The minimum Gasteiger partial charge on any atom is -0.444 e. The lowest BCUT2D eigenvalue weighted by Gasteiger charge is -2.35. The number of rotatable bonds is 5. The summed E-state index contributed by atoms with van der Waals surface area (Å²) < 4.78 is 18.8. The van der Waals surface area contributed by atoms with E-state index in [0.717, 1.165) is 18.4 Å². The van der Waals surface area contributed by atoms with Crippen molar-refractivity contribution in [2.45, 2.75) is 46.1 Å². The van der Waals surface area contributed by atoms with Gasteiger partial charge in [-0.1, -0.05) is 6.07 Å². The highest BCUT2D eigenvalue weighted by Crippen LogP contribution is 2.30. The highest BCUT2D eigenvalue weighted by atomic mass is 32.1. The van der Waals surface area contributed by atoms with E-state index in [1.54, 1.807) is 18.0 Å². The molecule has 1 unspecified atom stereocenters. The topological polar surface area (TPSA) is 79.0 Å². The van der Waals surface area contributed by atoms with Gasteiger partial charge in [-0.25, -0.2) is 9.18 Å². The average molecular weight is 490 g/mol. The van der Waals surface area contributed by atoms with Gasteiger partial charge in [0.25, 0.3) is 11.8 Å². The molecule has 3 amide bonds. The van der Waals surface area contributed by atoms with E-state index >= 15 is 0 Å². The Morgan fingerprint density at radius 1 is 1.26 bits per heavy atom. The third-order valence-corrected chi connectivity index (χ3v) is 6.62. The quantitative estimate of drug-likeness (QED) is 0.629. The van der Waals surface area contributed by atoms with Gasteiger partial charge in [0.05, 0.1) is 9.88 Å². The first-order valence-electron chi connectivity index (χ1n) is 11.3. The number of hydrogen-bond donors (Lipinski definition) is 1. The van der Waals surface area contributed by atoms with Crippen LogP contribution in [0.4, 0.5) is 14.2 Å². The summed E-state index contributed by atoms with van der Waals surface area (Å²) in [6.07, 6.45) is 1.41. The predicted molar refractivity (Wildman–Crippen MR) is 131 cm³/mol. The maximum Gasteiger partial charge on any atom is 0.410 e. The first-order chi connectivity index (χ1) is 15.9. The first kappa shape index (κ1) is 25.7. The molecule has 2 aromatic rings. The van der Waals surface area contributed by atoms with Gasteiger partial charge in [0, 0.05) is 32.2 Å². The average Bonchev–Trinajstić information content (AvgIpc) is 3.12. The summed E-state index contributed by atoms with van der Waals surface area (Å²) in [5.41, 5.74) is 0.433. The Bertz CT molecular complexity index is 1060. The Morgan fingerprint density at radius 3 is 2.68 bits per heavy atom.